The second kappa shape index (κ2) is 5.90. The third-order valence-corrected chi connectivity index (χ3v) is 4.39. The fraction of sp³-hybridized carbons (Fsp3) is 0.0769. The highest BCUT2D eigenvalue weighted by Crippen LogP contribution is 2.32. The van der Waals surface area contributed by atoms with Crippen molar-refractivity contribution in [3.8, 4) is 5.75 Å². The molecule has 0 aliphatic rings. The number of hydrogen-bond acceptors (Lipinski definition) is 5. The normalized spacial score (nSPS) is 11.2. The summed E-state index contributed by atoms with van der Waals surface area (Å²) in [6.07, 6.45) is 0. The minimum absolute atomic E-state index is 0.380. The Morgan fingerprint density at radius 2 is 1.91 bits per heavy atom. The fourth-order valence-electron chi connectivity index (χ4n) is 1.68. The highest BCUT2D eigenvalue weighted by molar-refractivity contribution is 7.87. The molecule has 0 spiro atoms. The van der Waals surface area contributed by atoms with Crippen molar-refractivity contribution in [1.29, 1.82) is 0 Å². The summed E-state index contributed by atoms with van der Waals surface area (Å²) >= 11 is 5.67. The Morgan fingerprint density at radius 1 is 1.23 bits per heavy atom. The molecule has 0 N–H and O–H groups in total. The zero-order valence-corrected chi connectivity index (χ0v) is 12.7. The number of hydrogen-bond donors (Lipinski definition) is 0. The van der Waals surface area contributed by atoms with E-state index in [4.69, 9.17) is 15.8 Å². The topological polar surface area (TPSA) is 86.5 Å². The van der Waals surface area contributed by atoms with E-state index in [0.717, 1.165) is 18.2 Å². The molecule has 0 fully saturated rings. The van der Waals surface area contributed by atoms with Gasteiger partial charge >= 0.3 is 15.8 Å². The third kappa shape index (κ3) is 3.34. The Bertz CT molecular complexity index is 854. The summed E-state index contributed by atoms with van der Waals surface area (Å²) in [5, 5.41) is 10.6. The van der Waals surface area contributed by atoms with Gasteiger partial charge in [0, 0.05) is 6.07 Å². The lowest BCUT2D eigenvalue weighted by Crippen LogP contribution is -2.11. The lowest BCUT2D eigenvalue weighted by Gasteiger charge is -2.09. The van der Waals surface area contributed by atoms with Crippen molar-refractivity contribution in [3.63, 3.8) is 0 Å². The van der Waals surface area contributed by atoms with Crippen LogP contribution < -0.4 is 4.18 Å². The minimum atomic E-state index is -4.43. The van der Waals surface area contributed by atoms with Crippen LogP contribution in [0.15, 0.2) is 41.3 Å². The summed E-state index contributed by atoms with van der Waals surface area (Å²) in [4.78, 5) is 9.72. The molecule has 0 amide bonds. The maximum absolute atomic E-state index is 13.0. The Hall–Kier alpha value is -2.19. The van der Waals surface area contributed by atoms with Crippen LogP contribution in [0.4, 0.5) is 10.1 Å². The predicted octanol–water partition coefficient (Wildman–Crippen LogP) is 3.46. The van der Waals surface area contributed by atoms with Crippen molar-refractivity contribution in [2.75, 3.05) is 0 Å². The molecule has 0 radical (unpaired) electrons. The summed E-state index contributed by atoms with van der Waals surface area (Å²) < 4.78 is 42.0. The lowest BCUT2D eigenvalue weighted by molar-refractivity contribution is -0.385. The summed E-state index contributed by atoms with van der Waals surface area (Å²) in [5.74, 6) is -1.17. The summed E-state index contributed by atoms with van der Waals surface area (Å²) in [6, 6.07) is 6.43. The number of nitro benzene ring substituents is 1. The highest BCUT2D eigenvalue weighted by Gasteiger charge is 2.25. The molecule has 0 unspecified atom stereocenters. The van der Waals surface area contributed by atoms with Crippen molar-refractivity contribution in [2.45, 2.75) is 11.8 Å². The molecule has 0 atom stereocenters. The van der Waals surface area contributed by atoms with Crippen LogP contribution in [0.3, 0.4) is 0 Å². The van der Waals surface area contributed by atoms with Gasteiger partial charge in [-0.2, -0.15) is 8.42 Å². The van der Waals surface area contributed by atoms with E-state index in [-0.39, 0.29) is 5.02 Å². The van der Waals surface area contributed by atoms with Crippen molar-refractivity contribution in [1.82, 2.24) is 0 Å². The summed E-state index contributed by atoms with van der Waals surface area (Å²) in [7, 11) is -4.43. The first-order valence-corrected chi connectivity index (χ1v) is 7.64. The van der Waals surface area contributed by atoms with Crippen molar-refractivity contribution in [3.05, 3.63) is 62.9 Å². The zero-order valence-electron chi connectivity index (χ0n) is 11.1. The molecule has 0 bridgehead atoms. The smallest absolute Gasteiger partial charge is 0.340 e. The van der Waals surface area contributed by atoms with Gasteiger partial charge in [0.25, 0.3) is 0 Å². The molecule has 0 heterocycles. The van der Waals surface area contributed by atoms with E-state index in [1.54, 1.807) is 6.92 Å². The second-order valence-corrected chi connectivity index (χ2v) is 6.26. The summed E-state index contributed by atoms with van der Waals surface area (Å²) in [5.41, 5.74) is 0.0677. The molecule has 0 aliphatic heterocycles. The Kier molecular flexibility index (Phi) is 4.34. The van der Waals surface area contributed by atoms with Crippen LogP contribution in [0.25, 0.3) is 0 Å². The van der Waals surface area contributed by atoms with Crippen LogP contribution in [-0.2, 0) is 10.1 Å². The standard InChI is InChI=1S/C13H9ClFNO5S/c1-8-2-4-12(11(6-8)16(17)18)21-22(19,20)13-5-3-9(15)7-10(13)14/h2-7H,1H3. The van der Waals surface area contributed by atoms with Crippen LogP contribution in [0.1, 0.15) is 5.56 Å². The van der Waals surface area contributed by atoms with Crippen molar-refractivity contribution >= 4 is 27.4 Å². The van der Waals surface area contributed by atoms with Gasteiger partial charge in [0.05, 0.1) is 9.95 Å². The van der Waals surface area contributed by atoms with Crippen LogP contribution in [0.5, 0.6) is 5.75 Å². The molecular weight excluding hydrogens is 337 g/mol. The Balaban J connectivity index is 2.47. The van der Waals surface area contributed by atoms with E-state index in [1.807, 2.05) is 0 Å². The molecule has 22 heavy (non-hydrogen) atoms. The molecule has 116 valence electrons. The molecule has 0 aliphatic carbocycles. The van der Waals surface area contributed by atoms with E-state index in [0.29, 0.717) is 5.56 Å². The molecule has 6 nitrogen and oxygen atoms in total. The van der Waals surface area contributed by atoms with Gasteiger partial charge in [0.1, 0.15) is 10.7 Å². The van der Waals surface area contributed by atoms with Gasteiger partial charge in [-0.05, 0) is 36.8 Å². The van der Waals surface area contributed by atoms with E-state index in [1.165, 1.54) is 18.2 Å². The monoisotopic (exact) mass is 345 g/mol. The van der Waals surface area contributed by atoms with Crippen LogP contribution in [-0.4, -0.2) is 13.3 Å². The largest absolute Gasteiger partial charge is 0.372 e. The summed E-state index contributed by atoms with van der Waals surface area (Å²) in [6.45, 7) is 1.61. The molecular formula is C13H9ClFNO5S. The number of aryl methyl sites for hydroxylation is 1. The Morgan fingerprint density at radius 3 is 2.50 bits per heavy atom. The van der Waals surface area contributed by atoms with Gasteiger partial charge in [-0.1, -0.05) is 17.7 Å². The maximum atomic E-state index is 13.0. The average Bonchev–Trinajstić information content (AvgIpc) is 2.39. The van der Waals surface area contributed by atoms with Crippen molar-refractivity contribution < 1.29 is 21.9 Å². The van der Waals surface area contributed by atoms with E-state index >= 15 is 0 Å². The zero-order chi connectivity index (χ0) is 16.5. The van der Waals surface area contributed by atoms with Gasteiger partial charge in [-0.25, -0.2) is 4.39 Å². The SMILES string of the molecule is Cc1ccc(OS(=O)(=O)c2ccc(F)cc2Cl)c([N+](=O)[O-])c1. The first kappa shape index (κ1) is 16.2. The maximum Gasteiger partial charge on any atom is 0.340 e. The second-order valence-electron chi connectivity index (χ2n) is 4.34. The number of benzene rings is 2. The third-order valence-electron chi connectivity index (χ3n) is 2.67. The molecule has 2 aromatic rings. The molecule has 9 heteroatoms. The fourth-order valence-corrected chi connectivity index (χ4v) is 3.13. The first-order chi connectivity index (χ1) is 10.2. The molecule has 0 aromatic heterocycles. The van der Waals surface area contributed by atoms with E-state index < -0.39 is 37.2 Å². The predicted molar refractivity (Wildman–Crippen MR) is 77.1 cm³/mol. The minimum Gasteiger partial charge on any atom is -0.372 e. The number of nitro groups is 1. The number of nitrogens with zero attached hydrogens (tertiary/aromatic N) is 1. The number of rotatable bonds is 4. The lowest BCUT2D eigenvalue weighted by atomic mass is 10.2. The highest BCUT2D eigenvalue weighted by atomic mass is 35.5. The van der Waals surface area contributed by atoms with Gasteiger partial charge in [0.2, 0.25) is 5.75 Å². The Labute approximate surface area is 130 Å². The quantitative estimate of drug-likeness (QED) is 0.481. The first-order valence-electron chi connectivity index (χ1n) is 5.85. The average molecular weight is 346 g/mol. The molecule has 2 rings (SSSR count). The van der Waals surface area contributed by atoms with Gasteiger partial charge in [-0.15, -0.1) is 0 Å². The van der Waals surface area contributed by atoms with Crippen LogP contribution in [0.2, 0.25) is 5.02 Å². The van der Waals surface area contributed by atoms with Crippen LogP contribution >= 0.6 is 11.6 Å². The molecule has 2 aromatic carbocycles. The van der Waals surface area contributed by atoms with Gasteiger partial charge in [0.15, 0.2) is 0 Å². The van der Waals surface area contributed by atoms with Gasteiger partial charge in [-0.3, -0.25) is 10.1 Å². The van der Waals surface area contributed by atoms with Gasteiger partial charge < -0.3 is 4.18 Å². The molecule has 0 saturated heterocycles. The van der Waals surface area contributed by atoms with E-state index in [9.17, 15) is 22.9 Å². The van der Waals surface area contributed by atoms with Crippen molar-refractivity contribution in [2.24, 2.45) is 0 Å². The van der Waals surface area contributed by atoms with E-state index in [2.05, 4.69) is 0 Å². The molecule has 0 saturated carbocycles. The van der Waals surface area contributed by atoms with Crippen LogP contribution in [0, 0.1) is 22.9 Å². The number of halogens is 2.